The SMILES string of the molecule is CC(C)[C@@H]1CO[C@H](c2ccccc2Br)N1C(C)C. The first kappa shape index (κ1) is 14.0. The van der Waals surface area contributed by atoms with E-state index in [9.17, 15) is 0 Å². The second-order valence-electron chi connectivity index (χ2n) is 5.56. The van der Waals surface area contributed by atoms with E-state index in [-0.39, 0.29) is 6.23 Å². The zero-order valence-electron chi connectivity index (χ0n) is 11.6. The molecule has 0 unspecified atom stereocenters. The summed E-state index contributed by atoms with van der Waals surface area (Å²) < 4.78 is 7.19. The van der Waals surface area contributed by atoms with Gasteiger partial charge in [0.2, 0.25) is 0 Å². The maximum Gasteiger partial charge on any atom is 0.138 e. The highest BCUT2D eigenvalue weighted by Crippen LogP contribution is 2.38. The summed E-state index contributed by atoms with van der Waals surface area (Å²) in [5, 5.41) is 0. The number of hydrogen-bond acceptors (Lipinski definition) is 2. The van der Waals surface area contributed by atoms with Crippen molar-refractivity contribution in [1.29, 1.82) is 0 Å². The van der Waals surface area contributed by atoms with E-state index < -0.39 is 0 Å². The molecule has 0 N–H and O–H groups in total. The molecule has 18 heavy (non-hydrogen) atoms. The Hall–Kier alpha value is -0.380. The zero-order valence-corrected chi connectivity index (χ0v) is 13.1. The quantitative estimate of drug-likeness (QED) is 0.829. The molecular weight excluding hydrogens is 290 g/mol. The van der Waals surface area contributed by atoms with Gasteiger partial charge in [-0.1, -0.05) is 48.0 Å². The summed E-state index contributed by atoms with van der Waals surface area (Å²) in [6.07, 6.45) is 0.0768. The van der Waals surface area contributed by atoms with Gasteiger partial charge in [-0.25, -0.2) is 0 Å². The molecule has 1 fully saturated rings. The lowest BCUT2D eigenvalue weighted by Crippen LogP contribution is -2.41. The van der Waals surface area contributed by atoms with Gasteiger partial charge < -0.3 is 4.74 Å². The summed E-state index contributed by atoms with van der Waals surface area (Å²) in [5.41, 5.74) is 1.23. The average molecular weight is 312 g/mol. The molecule has 1 aliphatic heterocycles. The molecule has 0 saturated carbocycles. The van der Waals surface area contributed by atoms with Crippen molar-refractivity contribution < 1.29 is 4.74 Å². The molecule has 3 heteroatoms. The molecule has 0 bridgehead atoms. The van der Waals surface area contributed by atoms with Gasteiger partial charge in [0.15, 0.2) is 0 Å². The van der Waals surface area contributed by atoms with Crippen molar-refractivity contribution in [3.05, 3.63) is 34.3 Å². The summed E-state index contributed by atoms with van der Waals surface area (Å²) in [6, 6.07) is 9.33. The van der Waals surface area contributed by atoms with E-state index >= 15 is 0 Å². The Morgan fingerprint density at radius 3 is 2.44 bits per heavy atom. The summed E-state index contributed by atoms with van der Waals surface area (Å²) in [6.45, 7) is 9.85. The fraction of sp³-hybridized carbons (Fsp3) is 0.600. The summed E-state index contributed by atoms with van der Waals surface area (Å²) >= 11 is 3.63. The van der Waals surface area contributed by atoms with Crippen LogP contribution in [0, 0.1) is 5.92 Å². The highest BCUT2D eigenvalue weighted by Gasteiger charge is 2.39. The van der Waals surface area contributed by atoms with E-state index in [2.05, 4.69) is 66.7 Å². The molecule has 2 nitrogen and oxygen atoms in total. The molecule has 1 aromatic rings. The summed E-state index contributed by atoms with van der Waals surface area (Å²) in [7, 11) is 0. The van der Waals surface area contributed by atoms with Gasteiger partial charge in [0, 0.05) is 22.1 Å². The predicted octanol–water partition coefficient (Wildman–Crippen LogP) is 4.21. The van der Waals surface area contributed by atoms with Crippen molar-refractivity contribution in [3.63, 3.8) is 0 Å². The minimum absolute atomic E-state index is 0.0768. The standard InChI is InChI=1S/C15H22BrNO/c1-10(2)14-9-18-15(17(14)11(3)4)12-7-5-6-8-13(12)16/h5-8,10-11,14-15H,9H2,1-4H3/t14-,15+/m0/s1. The lowest BCUT2D eigenvalue weighted by atomic mass is 10.0. The van der Waals surface area contributed by atoms with Crippen LogP contribution in [0.15, 0.2) is 28.7 Å². The fourth-order valence-electron chi connectivity index (χ4n) is 2.65. The third-order valence-electron chi connectivity index (χ3n) is 3.62. The van der Waals surface area contributed by atoms with E-state index in [0.717, 1.165) is 11.1 Å². The first-order chi connectivity index (χ1) is 8.52. The lowest BCUT2D eigenvalue weighted by Gasteiger charge is -2.34. The number of hydrogen-bond donors (Lipinski definition) is 0. The van der Waals surface area contributed by atoms with Crippen molar-refractivity contribution in [2.75, 3.05) is 6.61 Å². The van der Waals surface area contributed by atoms with Gasteiger partial charge in [-0.05, 0) is 25.8 Å². The van der Waals surface area contributed by atoms with Crippen LogP contribution in [0.5, 0.6) is 0 Å². The lowest BCUT2D eigenvalue weighted by molar-refractivity contribution is 0.00908. The van der Waals surface area contributed by atoms with E-state index in [0.29, 0.717) is 18.0 Å². The normalized spacial score (nSPS) is 25.3. The van der Waals surface area contributed by atoms with Crippen LogP contribution in [0.1, 0.15) is 39.5 Å². The smallest absolute Gasteiger partial charge is 0.138 e. The highest BCUT2D eigenvalue weighted by atomic mass is 79.9. The summed E-state index contributed by atoms with van der Waals surface area (Å²) in [5.74, 6) is 0.611. The Bertz CT molecular complexity index is 405. The second-order valence-corrected chi connectivity index (χ2v) is 6.41. The van der Waals surface area contributed by atoms with E-state index in [1.165, 1.54) is 5.56 Å². The fourth-order valence-corrected chi connectivity index (χ4v) is 3.13. The van der Waals surface area contributed by atoms with Crippen LogP contribution < -0.4 is 0 Å². The van der Waals surface area contributed by atoms with Crippen LogP contribution in [0.3, 0.4) is 0 Å². The Morgan fingerprint density at radius 2 is 1.89 bits per heavy atom. The Labute approximate surface area is 118 Å². The molecule has 0 aromatic heterocycles. The van der Waals surface area contributed by atoms with E-state index in [1.807, 2.05) is 6.07 Å². The second kappa shape index (κ2) is 5.72. The topological polar surface area (TPSA) is 12.5 Å². The highest BCUT2D eigenvalue weighted by molar-refractivity contribution is 9.10. The Balaban J connectivity index is 2.31. The Kier molecular flexibility index (Phi) is 4.46. The van der Waals surface area contributed by atoms with Crippen LogP contribution in [0.4, 0.5) is 0 Å². The minimum Gasteiger partial charge on any atom is -0.357 e. The van der Waals surface area contributed by atoms with Crippen LogP contribution in [-0.2, 0) is 4.74 Å². The van der Waals surface area contributed by atoms with Gasteiger partial charge in [0.25, 0.3) is 0 Å². The number of ether oxygens (including phenoxy) is 1. The largest absolute Gasteiger partial charge is 0.357 e. The molecule has 0 spiro atoms. The van der Waals surface area contributed by atoms with Crippen LogP contribution >= 0.6 is 15.9 Å². The molecule has 2 atom stereocenters. The van der Waals surface area contributed by atoms with Gasteiger partial charge in [-0.2, -0.15) is 0 Å². The van der Waals surface area contributed by atoms with Crippen molar-refractivity contribution in [1.82, 2.24) is 4.90 Å². The van der Waals surface area contributed by atoms with Crippen LogP contribution in [-0.4, -0.2) is 23.6 Å². The van der Waals surface area contributed by atoms with Gasteiger partial charge in [0.05, 0.1) is 6.61 Å². The monoisotopic (exact) mass is 311 g/mol. The molecular formula is C15H22BrNO. The van der Waals surface area contributed by atoms with Crippen molar-refractivity contribution in [2.45, 2.75) is 46.0 Å². The molecule has 1 aromatic carbocycles. The van der Waals surface area contributed by atoms with Gasteiger partial charge in [-0.3, -0.25) is 4.90 Å². The van der Waals surface area contributed by atoms with Crippen molar-refractivity contribution in [3.8, 4) is 0 Å². The maximum absolute atomic E-state index is 6.06. The average Bonchev–Trinajstić information content (AvgIpc) is 2.74. The van der Waals surface area contributed by atoms with Gasteiger partial charge in [-0.15, -0.1) is 0 Å². The predicted molar refractivity (Wildman–Crippen MR) is 78.4 cm³/mol. The molecule has 0 amide bonds. The molecule has 1 heterocycles. The minimum atomic E-state index is 0.0768. The number of rotatable bonds is 3. The molecule has 0 radical (unpaired) electrons. The van der Waals surface area contributed by atoms with E-state index in [4.69, 9.17) is 4.74 Å². The van der Waals surface area contributed by atoms with Crippen molar-refractivity contribution >= 4 is 15.9 Å². The molecule has 1 aliphatic rings. The first-order valence-corrected chi connectivity index (χ1v) is 7.45. The van der Waals surface area contributed by atoms with Gasteiger partial charge in [0.1, 0.15) is 6.23 Å². The summed E-state index contributed by atoms with van der Waals surface area (Å²) in [4.78, 5) is 2.49. The molecule has 2 rings (SSSR count). The molecule has 100 valence electrons. The zero-order chi connectivity index (χ0) is 13.3. The van der Waals surface area contributed by atoms with Gasteiger partial charge >= 0.3 is 0 Å². The Morgan fingerprint density at radius 1 is 1.22 bits per heavy atom. The number of nitrogens with zero attached hydrogens (tertiary/aromatic N) is 1. The molecule has 1 saturated heterocycles. The molecule has 0 aliphatic carbocycles. The maximum atomic E-state index is 6.06. The third-order valence-corrected chi connectivity index (χ3v) is 4.34. The number of halogens is 1. The van der Waals surface area contributed by atoms with Crippen LogP contribution in [0.25, 0.3) is 0 Å². The van der Waals surface area contributed by atoms with E-state index in [1.54, 1.807) is 0 Å². The van der Waals surface area contributed by atoms with Crippen LogP contribution in [0.2, 0.25) is 0 Å². The first-order valence-electron chi connectivity index (χ1n) is 6.65. The number of benzene rings is 1. The van der Waals surface area contributed by atoms with Crippen molar-refractivity contribution in [2.24, 2.45) is 5.92 Å². The third kappa shape index (κ3) is 2.63.